The summed E-state index contributed by atoms with van der Waals surface area (Å²) in [5, 5.41) is 14.0. The zero-order valence-corrected chi connectivity index (χ0v) is 68.3. The van der Waals surface area contributed by atoms with Crippen LogP contribution in [0.2, 0.25) is 20.1 Å². The molecule has 19 rings (SSSR count). The van der Waals surface area contributed by atoms with Crippen LogP contribution in [-0.4, -0.2) is 36.8 Å². The lowest BCUT2D eigenvalue weighted by atomic mass is 9.83. The molecule has 0 bridgehead atoms. The molecule has 4 aliphatic rings. The van der Waals surface area contributed by atoms with Crippen LogP contribution in [0, 0.1) is 10.1 Å². The van der Waals surface area contributed by atoms with Gasteiger partial charge in [0.15, 0.2) is 0 Å². The van der Waals surface area contributed by atoms with E-state index >= 15 is 0 Å². The molecule has 3 amide bonds. The molecule has 4 unspecified atom stereocenters. The van der Waals surface area contributed by atoms with E-state index in [2.05, 4.69) is 133 Å². The van der Waals surface area contributed by atoms with E-state index in [4.69, 9.17) is 51.1 Å². The van der Waals surface area contributed by atoms with Crippen molar-refractivity contribution >= 4 is 92.6 Å². The molecule has 15 aromatic carbocycles. The third-order valence-electron chi connectivity index (χ3n) is 22.6. The number of amides is 3. The SMILES string of the molecule is CN1Cc2ccccc2C(c2ccccc2Cl)c2ccccc21.COc1ccc(C(=O)N2Cc3ccccc3C(c3ccccc3Cl)c3ccccc32)cc1.O=C(Cc1ccccc1)N1Cc2ccccc2C(c2ccccc2Cl)c2ccccc21.O=C(c1ccc([N+](=O)[O-])cc1)N1Cc2ccccc2C(c2ccccc2Cl)c2ccccc21. The highest BCUT2D eigenvalue weighted by Gasteiger charge is 2.37. The number of para-hydroxylation sites is 4. The van der Waals surface area contributed by atoms with Crippen LogP contribution in [0.4, 0.5) is 28.4 Å². The second kappa shape index (κ2) is 36.2. The van der Waals surface area contributed by atoms with Crippen molar-refractivity contribution in [3.05, 3.63) is 506 Å². The second-order valence-electron chi connectivity index (χ2n) is 29.7. The van der Waals surface area contributed by atoms with Gasteiger partial charge in [-0.15, -0.1) is 0 Å². The van der Waals surface area contributed by atoms with Crippen molar-refractivity contribution in [1.82, 2.24) is 0 Å². The predicted molar refractivity (Wildman–Crippen MR) is 482 cm³/mol. The van der Waals surface area contributed by atoms with Crippen LogP contribution in [0.3, 0.4) is 0 Å². The molecule has 0 aromatic heterocycles. The third kappa shape index (κ3) is 16.8. The van der Waals surface area contributed by atoms with E-state index in [0.29, 0.717) is 42.2 Å². The number of carbonyl (C=O) groups is 3. The molecular weight excluding hydrogens is 1560 g/mol. The molecule has 0 spiro atoms. The van der Waals surface area contributed by atoms with E-state index in [9.17, 15) is 24.5 Å². The van der Waals surface area contributed by atoms with Gasteiger partial charge in [0.2, 0.25) is 5.91 Å². The first-order valence-electron chi connectivity index (χ1n) is 39.4. The summed E-state index contributed by atoms with van der Waals surface area (Å²) in [6.07, 6.45) is 0.369. The fourth-order valence-electron chi connectivity index (χ4n) is 17.0. The molecule has 15 aromatic rings. The number of nitrogens with zero attached hydrogens (tertiary/aromatic N) is 5. The summed E-state index contributed by atoms with van der Waals surface area (Å²) in [5.74, 6) is 0.485. The molecule has 0 saturated carbocycles. The number of nitro groups is 1. The lowest BCUT2D eigenvalue weighted by molar-refractivity contribution is -0.384. The highest BCUT2D eigenvalue weighted by Crippen LogP contribution is 2.50. The van der Waals surface area contributed by atoms with Gasteiger partial charge in [-0.05, 0) is 180 Å². The fraction of sp³-hybridized carbons (Fsp3) is 0.106. The molecule has 0 N–H and O–H groups in total. The van der Waals surface area contributed by atoms with E-state index in [1.165, 1.54) is 57.8 Å². The molecule has 15 heteroatoms. The van der Waals surface area contributed by atoms with Crippen molar-refractivity contribution in [2.24, 2.45) is 0 Å². The Labute approximate surface area is 713 Å². The van der Waals surface area contributed by atoms with Crippen molar-refractivity contribution in [1.29, 1.82) is 0 Å². The van der Waals surface area contributed by atoms with Crippen LogP contribution in [0.1, 0.15) is 139 Å². The van der Waals surface area contributed by atoms with Crippen LogP contribution in [0.15, 0.2) is 370 Å². The van der Waals surface area contributed by atoms with Gasteiger partial charge < -0.3 is 24.3 Å². The van der Waals surface area contributed by atoms with Gasteiger partial charge in [-0.3, -0.25) is 24.5 Å². The zero-order chi connectivity index (χ0) is 82.0. The first kappa shape index (κ1) is 79.7. The van der Waals surface area contributed by atoms with Gasteiger partial charge in [-0.25, -0.2) is 0 Å². The Morgan fingerprint density at radius 1 is 0.319 bits per heavy atom. The first-order chi connectivity index (χ1) is 58.2. The smallest absolute Gasteiger partial charge is 0.269 e. The van der Waals surface area contributed by atoms with Crippen LogP contribution in [0.5, 0.6) is 5.75 Å². The summed E-state index contributed by atoms with van der Waals surface area (Å²) < 4.78 is 5.25. The summed E-state index contributed by atoms with van der Waals surface area (Å²) >= 11 is 26.6. The summed E-state index contributed by atoms with van der Waals surface area (Å²) in [4.78, 5) is 59.3. The lowest BCUT2D eigenvalue weighted by Gasteiger charge is -2.25. The lowest BCUT2D eigenvalue weighted by Crippen LogP contribution is -2.31. The van der Waals surface area contributed by atoms with E-state index in [1.807, 2.05) is 234 Å². The molecule has 0 aliphatic carbocycles. The van der Waals surface area contributed by atoms with Crippen LogP contribution in [0.25, 0.3) is 0 Å². The number of anilines is 4. The molecule has 119 heavy (non-hydrogen) atoms. The van der Waals surface area contributed by atoms with E-state index in [-0.39, 0.29) is 47.1 Å². The highest BCUT2D eigenvalue weighted by molar-refractivity contribution is 6.32. The highest BCUT2D eigenvalue weighted by atomic mass is 35.5. The minimum absolute atomic E-state index is 0.0318. The fourth-order valence-corrected chi connectivity index (χ4v) is 18.0. The maximum atomic E-state index is 13.7. The maximum absolute atomic E-state index is 13.7. The molecule has 11 nitrogen and oxygen atoms in total. The average Bonchev–Trinajstić information content (AvgIpc) is 1.65. The molecule has 4 heterocycles. The minimum Gasteiger partial charge on any atom is -0.497 e. The molecule has 4 aliphatic heterocycles. The quantitative estimate of drug-likeness (QED) is 0.0989. The van der Waals surface area contributed by atoms with E-state index in [0.717, 1.165) is 111 Å². The summed E-state index contributed by atoms with van der Waals surface area (Å²) in [6, 6.07) is 121. The summed E-state index contributed by atoms with van der Waals surface area (Å²) in [5.41, 5.74) is 24.0. The first-order valence-corrected chi connectivity index (χ1v) is 40.9. The van der Waals surface area contributed by atoms with E-state index in [1.54, 1.807) is 12.0 Å². The number of hydrogen-bond acceptors (Lipinski definition) is 7. The minimum atomic E-state index is -0.472. The Balaban J connectivity index is 0.000000119. The standard InChI is InChI=1S/C28H22ClNO2.C28H22ClNO.C27H19ClN2O3.C21H18ClN/c1-32-21-16-14-19(15-17-21)28(31)30-18-20-8-2-3-9-22(20)27(23-10-4-6-12-25(23)29)24-11-5-7-13-26(24)30;29-25-16-8-6-14-23(25)28-22-13-5-4-12-21(22)19-30(26-17-9-7-15-24(26)28)27(31)18-20-10-2-1-3-11-20;28-24-11-5-3-9-22(24)26-21-8-2-1-7-19(21)17-29(25-12-6-4-10-23(25)26)27(31)18-13-15-20(16-14-18)30(32)33;1-23-14-15-8-2-3-9-16(15)21(17-10-4-6-12-19(17)22)18-11-5-7-13-20(18)23/h2-17,27H,18H2,1H3;1-17,28H,18-19H2;1-16,26H,17H2;2-13,21H,14H2,1H3. The maximum Gasteiger partial charge on any atom is 0.269 e. The Morgan fingerprint density at radius 2 is 0.588 bits per heavy atom. The van der Waals surface area contributed by atoms with Crippen LogP contribution >= 0.6 is 46.4 Å². The molecule has 0 saturated heterocycles. The number of ether oxygens (including phenoxy) is 1. The second-order valence-corrected chi connectivity index (χ2v) is 31.3. The molecule has 4 atom stereocenters. The van der Waals surface area contributed by atoms with Gasteiger partial charge >= 0.3 is 0 Å². The number of rotatable bonds is 10. The van der Waals surface area contributed by atoms with Gasteiger partial charge in [0.1, 0.15) is 5.75 Å². The van der Waals surface area contributed by atoms with Gasteiger partial charge in [0.25, 0.3) is 17.5 Å². The van der Waals surface area contributed by atoms with Crippen LogP contribution < -0.4 is 24.3 Å². The normalized spacial score (nSPS) is 15.1. The summed E-state index contributed by atoms with van der Waals surface area (Å²) in [6.45, 7) is 2.32. The molecular formula is C104H81Cl4N5O6. The Morgan fingerprint density at radius 3 is 0.933 bits per heavy atom. The summed E-state index contributed by atoms with van der Waals surface area (Å²) in [7, 11) is 3.78. The van der Waals surface area contributed by atoms with Crippen molar-refractivity contribution in [2.45, 2.75) is 56.3 Å². The molecule has 0 fully saturated rings. The number of non-ortho nitro benzene ring substituents is 1. The number of halogens is 4. The predicted octanol–water partition coefficient (Wildman–Crippen LogP) is 25.4. The number of nitro benzene ring substituents is 1. The number of benzene rings is 15. The van der Waals surface area contributed by atoms with Crippen LogP contribution in [-0.2, 0) is 37.4 Å². The number of methoxy groups -OCH3 is 1. The third-order valence-corrected chi connectivity index (χ3v) is 24.0. The largest absolute Gasteiger partial charge is 0.497 e. The van der Waals surface area contributed by atoms with Gasteiger partial charge in [-0.2, -0.15) is 0 Å². The Kier molecular flexibility index (Phi) is 24.2. The van der Waals surface area contributed by atoms with Crippen molar-refractivity contribution < 1.29 is 24.0 Å². The molecule has 0 radical (unpaired) electrons. The van der Waals surface area contributed by atoms with Gasteiger partial charge in [0.05, 0.1) is 38.1 Å². The number of fused-ring (bicyclic) bond motifs is 8. The van der Waals surface area contributed by atoms with Crippen molar-refractivity contribution in [3.8, 4) is 5.75 Å². The monoisotopic (exact) mass is 1640 g/mol. The van der Waals surface area contributed by atoms with E-state index < -0.39 is 4.92 Å². The Bertz CT molecular complexity index is 6240. The van der Waals surface area contributed by atoms with Crippen molar-refractivity contribution in [3.63, 3.8) is 0 Å². The Hall–Kier alpha value is -13.1. The zero-order valence-electron chi connectivity index (χ0n) is 65.3. The average molecular weight is 1640 g/mol. The number of carbonyl (C=O) groups excluding carboxylic acids is 3. The van der Waals surface area contributed by atoms with Gasteiger partial charge in [0, 0.05) is 103 Å². The number of hydrogen-bond donors (Lipinski definition) is 0. The van der Waals surface area contributed by atoms with Gasteiger partial charge in [-0.1, -0.05) is 319 Å². The molecule has 586 valence electrons. The van der Waals surface area contributed by atoms with Crippen molar-refractivity contribution in [2.75, 3.05) is 33.8 Å². The topological polar surface area (TPSA) is 117 Å².